The van der Waals surface area contributed by atoms with Crippen LogP contribution in [0.3, 0.4) is 0 Å². The summed E-state index contributed by atoms with van der Waals surface area (Å²) in [5.41, 5.74) is 2.82. The number of hydrogen-bond acceptors (Lipinski definition) is 8. The molecule has 3 aromatic carbocycles. The predicted octanol–water partition coefficient (Wildman–Crippen LogP) is 2.70. The van der Waals surface area contributed by atoms with Gasteiger partial charge in [0, 0.05) is 12.2 Å². The van der Waals surface area contributed by atoms with Crippen molar-refractivity contribution in [1.82, 2.24) is 10.0 Å². The minimum absolute atomic E-state index is 0.0896. The van der Waals surface area contributed by atoms with Crippen molar-refractivity contribution in [1.29, 1.82) is 0 Å². The Hall–Kier alpha value is -3.58. The van der Waals surface area contributed by atoms with Gasteiger partial charge in [0.15, 0.2) is 0 Å². The third-order valence-corrected chi connectivity index (χ3v) is 8.57. The summed E-state index contributed by atoms with van der Waals surface area (Å²) in [5.74, 6) is -0.810. The monoisotopic (exact) mass is 557 g/mol. The lowest BCUT2D eigenvalue weighted by Crippen LogP contribution is -2.44. The van der Waals surface area contributed by atoms with E-state index in [2.05, 4.69) is 10.0 Å². The van der Waals surface area contributed by atoms with E-state index in [9.17, 15) is 28.2 Å². The molecule has 4 rings (SSSR count). The van der Waals surface area contributed by atoms with E-state index >= 15 is 0 Å². The number of rotatable bonds is 11. The first-order valence-corrected chi connectivity index (χ1v) is 14.1. The molecule has 38 heavy (non-hydrogen) atoms. The van der Waals surface area contributed by atoms with Gasteiger partial charge >= 0.3 is 5.97 Å². The largest absolute Gasteiger partial charge is 0.497 e. The minimum Gasteiger partial charge on any atom is -0.497 e. The fraction of sp³-hybridized carbons (Fsp3) is 0.231. The molecule has 0 aromatic heterocycles. The number of nitrogens with zero attached hydrogens (tertiary/aromatic N) is 1. The number of amides is 1. The van der Waals surface area contributed by atoms with E-state index < -0.39 is 28.1 Å². The SMILES string of the molecule is COc1ccc(-c2ccc(S(=O)(=O)NC(CC(O)CSN3CNC(=O)c4ccccc43)C(=O)O)cc2)cc1. The Morgan fingerprint density at radius 3 is 2.34 bits per heavy atom. The van der Waals surface area contributed by atoms with Crippen LogP contribution >= 0.6 is 11.9 Å². The van der Waals surface area contributed by atoms with E-state index in [1.165, 1.54) is 24.1 Å². The molecule has 1 aliphatic rings. The van der Waals surface area contributed by atoms with Gasteiger partial charge in [-0.2, -0.15) is 4.72 Å². The summed E-state index contributed by atoms with van der Waals surface area (Å²) >= 11 is 1.21. The van der Waals surface area contributed by atoms with Gasteiger partial charge in [0.25, 0.3) is 5.91 Å². The van der Waals surface area contributed by atoms with Crippen LogP contribution in [0.2, 0.25) is 0 Å². The molecule has 0 saturated carbocycles. The molecule has 1 heterocycles. The highest BCUT2D eigenvalue weighted by Gasteiger charge is 2.29. The number of para-hydroxylation sites is 1. The summed E-state index contributed by atoms with van der Waals surface area (Å²) in [4.78, 5) is 23.8. The van der Waals surface area contributed by atoms with Crippen LogP contribution in [0.25, 0.3) is 11.1 Å². The second-order valence-corrected chi connectivity index (χ2v) is 11.3. The zero-order chi connectivity index (χ0) is 27.3. The minimum atomic E-state index is -4.17. The first kappa shape index (κ1) is 27.5. The number of anilines is 1. The Kier molecular flexibility index (Phi) is 8.57. The molecule has 0 bridgehead atoms. The van der Waals surface area contributed by atoms with Crippen LogP contribution in [-0.4, -0.2) is 62.2 Å². The van der Waals surface area contributed by atoms with Crippen molar-refractivity contribution in [3.8, 4) is 16.9 Å². The van der Waals surface area contributed by atoms with Crippen LogP contribution in [-0.2, 0) is 14.8 Å². The zero-order valence-corrected chi connectivity index (χ0v) is 22.0. The van der Waals surface area contributed by atoms with Crippen LogP contribution < -0.4 is 19.1 Å². The number of methoxy groups -OCH3 is 1. The molecule has 0 radical (unpaired) electrons. The summed E-state index contributed by atoms with van der Waals surface area (Å²) in [6.07, 6.45) is -1.47. The Bertz CT molecular complexity index is 1400. The van der Waals surface area contributed by atoms with Gasteiger partial charge in [0.1, 0.15) is 18.5 Å². The number of aliphatic hydroxyl groups excluding tert-OH is 1. The molecule has 1 amide bonds. The summed E-state index contributed by atoms with van der Waals surface area (Å²) in [6, 6.07) is 18.8. The molecule has 0 aliphatic carbocycles. The average Bonchev–Trinajstić information content (AvgIpc) is 2.92. The number of hydrogen-bond donors (Lipinski definition) is 4. The lowest BCUT2D eigenvalue weighted by molar-refractivity contribution is -0.139. The van der Waals surface area contributed by atoms with Gasteiger partial charge in [-0.05, 0) is 59.5 Å². The molecular weight excluding hydrogens is 530 g/mol. The average molecular weight is 558 g/mol. The highest BCUT2D eigenvalue weighted by Crippen LogP contribution is 2.29. The van der Waals surface area contributed by atoms with E-state index in [4.69, 9.17) is 4.74 Å². The van der Waals surface area contributed by atoms with Gasteiger partial charge in [-0.15, -0.1) is 0 Å². The molecule has 2 unspecified atom stereocenters. The van der Waals surface area contributed by atoms with Crippen LogP contribution in [0.4, 0.5) is 5.69 Å². The molecule has 2 atom stereocenters. The third kappa shape index (κ3) is 6.45. The second-order valence-electron chi connectivity index (χ2n) is 8.51. The number of ether oxygens (including phenoxy) is 1. The third-order valence-electron chi connectivity index (χ3n) is 5.91. The van der Waals surface area contributed by atoms with E-state index in [1.54, 1.807) is 59.9 Å². The van der Waals surface area contributed by atoms with Crippen LogP contribution in [0.1, 0.15) is 16.8 Å². The molecule has 12 heteroatoms. The maximum atomic E-state index is 12.9. The molecule has 10 nitrogen and oxygen atoms in total. The van der Waals surface area contributed by atoms with E-state index in [1.807, 2.05) is 12.1 Å². The Labute approximate surface area is 224 Å². The van der Waals surface area contributed by atoms with Gasteiger partial charge in [0.2, 0.25) is 10.0 Å². The number of carbonyl (C=O) groups is 2. The maximum absolute atomic E-state index is 12.9. The molecular formula is C26H27N3O7S2. The highest BCUT2D eigenvalue weighted by molar-refractivity contribution is 8.00. The summed E-state index contributed by atoms with van der Waals surface area (Å²) < 4.78 is 34.9. The number of carbonyl (C=O) groups excluding carboxylic acids is 1. The Balaban J connectivity index is 1.38. The van der Waals surface area contributed by atoms with Crippen LogP contribution in [0.15, 0.2) is 77.7 Å². The fourth-order valence-electron chi connectivity index (χ4n) is 3.90. The number of aliphatic hydroxyl groups is 1. The van der Waals surface area contributed by atoms with Crippen molar-refractivity contribution in [2.75, 3.05) is 23.8 Å². The number of benzene rings is 3. The number of carboxylic acid groups (broad SMARTS) is 1. The van der Waals surface area contributed by atoms with Crippen molar-refractivity contribution < 1.29 is 33.0 Å². The molecule has 0 saturated heterocycles. The number of nitrogens with one attached hydrogen (secondary N) is 2. The van der Waals surface area contributed by atoms with Crippen LogP contribution in [0, 0.1) is 0 Å². The lowest BCUT2D eigenvalue weighted by atomic mass is 10.1. The first-order valence-electron chi connectivity index (χ1n) is 11.6. The van der Waals surface area contributed by atoms with Gasteiger partial charge in [-0.3, -0.25) is 13.9 Å². The Morgan fingerprint density at radius 2 is 1.71 bits per heavy atom. The van der Waals surface area contributed by atoms with E-state index in [0.29, 0.717) is 17.0 Å². The summed E-state index contributed by atoms with van der Waals surface area (Å²) in [7, 11) is -2.60. The number of sulfonamides is 1. The van der Waals surface area contributed by atoms with Crippen molar-refractivity contribution in [3.05, 3.63) is 78.4 Å². The number of aliphatic carboxylic acids is 1. The van der Waals surface area contributed by atoms with Crippen molar-refractivity contribution in [3.63, 3.8) is 0 Å². The topological polar surface area (TPSA) is 145 Å². The van der Waals surface area contributed by atoms with Crippen LogP contribution in [0.5, 0.6) is 5.75 Å². The standard InChI is InChI=1S/C26H27N3O7S2/c1-36-20-10-6-17(7-11-20)18-8-12-21(13-9-18)38(34,35)28-23(26(32)33)14-19(30)15-37-29-16-27-25(31)22-4-2-3-5-24(22)29/h2-13,19,23,28,30H,14-16H2,1H3,(H,27,31)(H,32,33). The highest BCUT2D eigenvalue weighted by atomic mass is 32.2. The predicted molar refractivity (Wildman–Crippen MR) is 145 cm³/mol. The molecule has 1 aliphatic heterocycles. The maximum Gasteiger partial charge on any atom is 0.321 e. The van der Waals surface area contributed by atoms with Gasteiger partial charge < -0.3 is 20.3 Å². The van der Waals surface area contributed by atoms with Gasteiger partial charge in [-0.25, -0.2) is 8.42 Å². The lowest BCUT2D eigenvalue weighted by Gasteiger charge is -2.30. The molecule has 0 spiro atoms. The van der Waals surface area contributed by atoms with Crippen molar-refractivity contribution >= 4 is 39.5 Å². The first-order chi connectivity index (χ1) is 18.2. The molecule has 3 aromatic rings. The van der Waals surface area contributed by atoms with Gasteiger partial charge in [0.05, 0.1) is 29.4 Å². The number of fused-ring (bicyclic) bond motifs is 1. The normalized spacial score (nSPS) is 14.8. The van der Waals surface area contributed by atoms with Crippen molar-refractivity contribution in [2.45, 2.75) is 23.5 Å². The fourth-order valence-corrected chi connectivity index (χ4v) is 6.05. The number of carboxylic acids is 1. The van der Waals surface area contributed by atoms with Crippen molar-refractivity contribution in [2.24, 2.45) is 0 Å². The second kappa shape index (κ2) is 11.9. The molecule has 0 fully saturated rings. The zero-order valence-electron chi connectivity index (χ0n) is 20.4. The van der Waals surface area contributed by atoms with E-state index in [0.717, 1.165) is 11.1 Å². The molecule has 4 N–H and O–H groups in total. The van der Waals surface area contributed by atoms with Gasteiger partial charge in [-0.1, -0.05) is 36.4 Å². The van der Waals surface area contributed by atoms with E-state index in [-0.39, 0.29) is 29.6 Å². The summed E-state index contributed by atoms with van der Waals surface area (Å²) in [6.45, 7) is 0.217. The smallest absolute Gasteiger partial charge is 0.321 e. The summed E-state index contributed by atoms with van der Waals surface area (Å²) in [5, 5.41) is 22.9. The molecule has 200 valence electrons. The quantitative estimate of drug-likeness (QED) is 0.262. The Morgan fingerprint density at radius 1 is 1.08 bits per heavy atom.